The average molecular weight is 232 g/mol. The van der Waals surface area contributed by atoms with Gasteiger partial charge in [0.1, 0.15) is 0 Å². The third-order valence-electron chi connectivity index (χ3n) is 2.65. The third kappa shape index (κ3) is 1.98. The van der Waals surface area contributed by atoms with Crippen molar-refractivity contribution in [2.75, 3.05) is 17.2 Å². The fourth-order valence-corrected chi connectivity index (χ4v) is 1.88. The zero-order valence-electron chi connectivity index (χ0n) is 10.1. The van der Waals surface area contributed by atoms with Gasteiger partial charge in [0.25, 0.3) is 5.91 Å². The van der Waals surface area contributed by atoms with Crippen LogP contribution in [0.1, 0.15) is 13.8 Å². The summed E-state index contributed by atoms with van der Waals surface area (Å²) in [6.07, 6.45) is -0.508. The number of carbonyl (C=O) groups is 1. The maximum absolute atomic E-state index is 12.1. The summed E-state index contributed by atoms with van der Waals surface area (Å²) in [5.41, 5.74) is 8.04. The van der Waals surface area contributed by atoms with Crippen molar-refractivity contribution in [2.24, 2.45) is 0 Å². The highest BCUT2D eigenvalue weighted by Crippen LogP contribution is 2.38. The SMILES string of the molecule is C=C(C)CN1C(=O)C(C)Oc2c(N)cccc21. The predicted molar refractivity (Wildman–Crippen MR) is 68.1 cm³/mol. The second-order valence-corrected chi connectivity index (χ2v) is 4.34. The molecule has 90 valence electrons. The number of anilines is 2. The molecule has 0 fully saturated rings. The number of para-hydroxylation sites is 1. The second kappa shape index (κ2) is 4.13. The Bertz CT molecular complexity index is 482. The number of hydrogen-bond donors (Lipinski definition) is 1. The van der Waals surface area contributed by atoms with Crippen LogP contribution in [0.3, 0.4) is 0 Å². The Balaban J connectivity index is 2.49. The molecule has 17 heavy (non-hydrogen) atoms. The topological polar surface area (TPSA) is 55.6 Å². The molecule has 0 saturated carbocycles. The molecule has 2 N–H and O–H groups in total. The van der Waals surface area contributed by atoms with Gasteiger partial charge >= 0.3 is 0 Å². The smallest absolute Gasteiger partial charge is 0.268 e. The summed E-state index contributed by atoms with van der Waals surface area (Å²) in [6, 6.07) is 5.41. The van der Waals surface area contributed by atoms with Crippen LogP contribution in [-0.4, -0.2) is 18.6 Å². The van der Waals surface area contributed by atoms with Crippen molar-refractivity contribution in [3.63, 3.8) is 0 Å². The van der Waals surface area contributed by atoms with Crippen molar-refractivity contribution in [3.8, 4) is 5.75 Å². The number of nitrogens with two attached hydrogens (primary N) is 1. The van der Waals surface area contributed by atoms with Gasteiger partial charge in [-0.3, -0.25) is 4.79 Å². The molecule has 1 heterocycles. The van der Waals surface area contributed by atoms with Crippen molar-refractivity contribution in [3.05, 3.63) is 30.4 Å². The Morgan fingerprint density at radius 2 is 2.29 bits per heavy atom. The minimum absolute atomic E-state index is 0.0638. The lowest BCUT2D eigenvalue weighted by atomic mass is 10.1. The van der Waals surface area contributed by atoms with Gasteiger partial charge in [-0.25, -0.2) is 0 Å². The van der Waals surface area contributed by atoms with Crippen molar-refractivity contribution in [2.45, 2.75) is 20.0 Å². The zero-order valence-corrected chi connectivity index (χ0v) is 10.1. The molecule has 1 amide bonds. The van der Waals surface area contributed by atoms with Crippen molar-refractivity contribution in [1.29, 1.82) is 0 Å². The molecule has 0 spiro atoms. The highest BCUT2D eigenvalue weighted by Gasteiger charge is 2.32. The predicted octanol–water partition coefficient (Wildman–Crippen LogP) is 1.96. The number of nitrogen functional groups attached to an aromatic ring is 1. The van der Waals surface area contributed by atoms with Crippen LogP contribution in [0.15, 0.2) is 30.4 Å². The molecule has 0 bridgehead atoms. The molecule has 0 saturated heterocycles. The van der Waals surface area contributed by atoms with Gasteiger partial charge in [0, 0.05) is 6.54 Å². The first-order chi connectivity index (χ1) is 8.00. The molecule has 1 aromatic carbocycles. The van der Waals surface area contributed by atoms with Gasteiger partial charge in [0.2, 0.25) is 0 Å². The molecule has 1 atom stereocenters. The van der Waals surface area contributed by atoms with E-state index in [-0.39, 0.29) is 5.91 Å². The quantitative estimate of drug-likeness (QED) is 0.626. The van der Waals surface area contributed by atoms with Crippen LogP contribution < -0.4 is 15.4 Å². The highest BCUT2D eigenvalue weighted by atomic mass is 16.5. The summed E-state index contributed by atoms with van der Waals surface area (Å²) in [5.74, 6) is 0.520. The molecule has 1 aromatic rings. The fraction of sp³-hybridized carbons (Fsp3) is 0.308. The molecule has 4 nitrogen and oxygen atoms in total. The number of benzene rings is 1. The van der Waals surface area contributed by atoms with E-state index in [1.807, 2.05) is 19.1 Å². The third-order valence-corrected chi connectivity index (χ3v) is 2.65. The van der Waals surface area contributed by atoms with Gasteiger partial charge in [-0.15, -0.1) is 0 Å². The van der Waals surface area contributed by atoms with E-state index in [1.54, 1.807) is 17.9 Å². The molecular weight excluding hydrogens is 216 g/mol. The van der Waals surface area contributed by atoms with E-state index in [4.69, 9.17) is 10.5 Å². The lowest BCUT2D eigenvalue weighted by molar-refractivity contribution is -0.125. The Morgan fingerprint density at radius 3 is 2.94 bits per heavy atom. The molecule has 1 aliphatic rings. The molecule has 0 aliphatic carbocycles. The molecule has 0 radical (unpaired) electrons. The van der Waals surface area contributed by atoms with Crippen molar-refractivity contribution in [1.82, 2.24) is 0 Å². The van der Waals surface area contributed by atoms with E-state index in [0.717, 1.165) is 11.3 Å². The Hall–Kier alpha value is -1.97. The summed E-state index contributed by atoms with van der Waals surface area (Å²) >= 11 is 0. The molecule has 4 heteroatoms. The van der Waals surface area contributed by atoms with Gasteiger partial charge < -0.3 is 15.4 Å². The lowest BCUT2D eigenvalue weighted by Crippen LogP contribution is -2.45. The summed E-state index contributed by atoms with van der Waals surface area (Å²) in [6.45, 7) is 7.94. The summed E-state index contributed by atoms with van der Waals surface area (Å²) in [5, 5.41) is 0. The Kier molecular flexibility index (Phi) is 2.79. The second-order valence-electron chi connectivity index (χ2n) is 4.34. The van der Waals surface area contributed by atoms with Crippen LogP contribution in [0.4, 0.5) is 11.4 Å². The fourth-order valence-electron chi connectivity index (χ4n) is 1.88. The monoisotopic (exact) mass is 232 g/mol. The number of rotatable bonds is 2. The van der Waals surface area contributed by atoms with Gasteiger partial charge in [-0.2, -0.15) is 0 Å². The minimum atomic E-state index is -0.508. The molecule has 1 aliphatic heterocycles. The number of ether oxygens (including phenoxy) is 1. The Morgan fingerprint density at radius 1 is 1.59 bits per heavy atom. The first-order valence-corrected chi connectivity index (χ1v) is 5.51. The standard InChI is InChI=1S/C13H16N2O2/c1-8(2)7-15-11-6-4-5-10(14)12(11)17-9(3)13(15)16/h4-6,9H,1,7,14H2,2-3H3. The average Bonchev–Trinajstić information content (AvgIpc) is 2.26. The van der Waals surface area contributed by atoms with Gasteiger partial charge in [0.05, 0.1) is 11.4 Å². The zero-order chi connectivity index (χ0) is 12.6. The van der Waals surface area contributed by atoms with Gasteiger partial charge in [0.15, 0.2) is 11.9 Å². The van der Waals surface area contributed by atoms with Gasteiger partial charge in [-0.05, 0) is 26.0 Å². The summed E-state index contributed by atoms with van der Waals surface area (Å²) < 4.78 is 5.54. The van der Waals surface area contributed by atoms with E-state index in [9.17, 15) is 4.79 Å². The van der Waals surface area contributed by atoms with E-state index in [0.29, 0.717) is 18.0 Å². The minimum Gasteiger partial charge on any atom is -0.477 e. The van der Waals surface area contributed by atoms with E-state index < -0.39 is 6.10 Å². The van der Waals surface area contributed by atoms with Crippen molar-refractivity contribution < 1.29 is 9.53 Å². The first-order valence-electron chi connectivity index (χ1n) is 5.51. The largest absolute Gasteiger partial charge is 0.477 e. The first kappa shape index (κ1) is 11.5. The normalized spacial score (nSPS) is 18.6. The highest BCUT2D eigenvalue weighted by molar-refractivity contribution is 6.01. The van der Waals surface area contributed by atoms with E-state index in [2.05, 4.69) is 6.58 Å². The maximum atomic E-state index is 12.1. The number of hydrogen-bond acceptors (Lipinski definition) is 3. The van der Waals surface area contributed by atoms with Crippen LogP contribution in [0, 0.1) is 0 Å². The molecular formula is C13H16N2O2. The number of nitrogens with zero attached hydrogens (tertiary/aromatic N) is 1. The molecule has 0 aromatic heterocycles. The van der Waals surface area contributed by atoms with E-state index >= 15 is 0 Å². The van der Waals surface area contributed by atoms with Crippen LogP contribution >= 0.6 is 0 Å². The summed E-state index contributed by atoms with van der Waals surface area (Å²) in [7, 11) is 0. The lowest BCUT2D eigenvalue weighted by Gasteiger charge is -2.33. The van der Waals surface area contributed by atoms with E-state index in [1.165, 1.54) is 0 Å². The number of amides is 1. The molecule has 1 unspecified atom stereocenters. The van der Waals surface area contributed by atoms with Gasteiger partial charge in [-0.1, -0.05) is 18.2 Å². The van der Waals surface area contributed by atoms with Crippen LogP contribution in [0.2, 0.25) is 0 Å². The van der Waals surface area contributed by atoms with Crippen LogP contribution in [0.25, 0.3) is 0 Å². The molecule has 2 rings (SSSR count). The number of fused-ring (bicyclic) bond motifs is 1. The van der Waals surface area contributed by atoms with Crippen LogP contribution in [0.5, 0.6) is 5.75 Å². The Labute approximate surface area is 101 Å². The van der Waals surface area contributed by atoms with Crippen LogP contribution in [-0.2, 0) is 4.79 Å². The van der Waals surface area contributed by atoms with Crippen molar-refractivity contribution >= 4 is 17.3 Å². The maximum Gasteiger partial charge on any atom is 0.268 e. The summed E-state index contributed by atoms with van der Waals surface area (Å²) in [4.78, 5) is 13.7. The number of carbonyl (C=O) groups excluding carboxylic acids is 1.